The second-order valence-corrected chi connectivity index (χ2v) is 2.33. The van der Waals surface area contributed by atoms with Gasteiger partial charge in [-0.05, 0) is 11.5 Å². The van der Waals surface area contributed by atoms with Crippen LogP contribution in [0.4, 0.5) is 0 Å². The topological polar surface area (TPSA) is 36.0 Å². The molecule has 2 nitrogen and oxygen atoms in total. The number of para-hydroxylation sites is 1. The van der Waals surface area contributed by atoms with Crippen molar-refractivity contribution < 1.29 is 25.2 Å². The van der Waals surface area contributed by atoms with E-state index in [0.29, 0.717) is 5.52 Å². The van der Waals surface area contributed by atoms with Gasteiger partial charge in [0.2, 0.25) is 0 Å². The molecule has 0 unspecified atom stereocenters. The van der Waals surface area contributed by atoms with E-state index in [4.69, 9.17) is 0 Å². The first kappa shape index (κ1) is 9.17. The van der Waals surface area contributed by atoms with Crippen LogP contribution in [0.1, 0.15) is 0 Å². The number of aromatic nitrogens is 1. The second kappa shape index (κ2) is 3.65. The number of hydrogen-bond acceptors (Lipinski definition) is 2. The molecule has 0 amide bonds. The van der Waals surface area contributed by atoms with Gasteiger partial charge in [-0.3, -0.25) is 4.98 Å². The van der Waals surface area contributed by atoms with Crippen LogP contribution in [-0.4, -0.2) is 4.98 Å². The molecule has 2 aromatic rings. The molecule has 0 aliphatic carbocycles. The summed E-state index contributed by atoms with van der Waals surface area (Å²) in [5.74, 6) is -0.0110. The van der Waals surface area contributed by atoms with Gasteiger partial charge >= 0.3 is 0 Å². The Balaban J connectivity index is 0.000000720. The van der Waals surface area contributed by atoms with Crippen LogP contribution in [0.15, 0.2) is 36.5 Å². The van der Waals surface area contributed by atoms with Crippen molar-refractivity contribution in [1.82, 2.24) is 4.98 Å². The van der Waals surface area contributed by atoms with Gasteiger partial charge in [-0.1, -0.05) is 30.0 Å². The van der Waals surface area contributed by atoms with Crippen LogP contribution in [0.25, 0.3) is 10.9 Å². The summed E-state index contributed by atoms with van der Waals surface area (Å²) in [6.45, 7) is 0. The Morgan fingerprint density at radius 2 is 1.83 bits per heavy atom. The van der Waals surface area contributed by atoms with Crippen LogP contribution < -0.4 is 5.11 Å². The zero-order chi connectivity index (χ0) is 7.68. The molecule has 1 aromatic carbocycles. The average Bonchev–Trinajstić information content (AvgIpc) is 2.06. The smallest absolute Gasteiger partial charge is 0.0623 e. The summed E-state index contributed by atoms with van der Waals surface area (Å²) in [5.41, 5.74) is 0.551. The number of fused-ring (bicyclic) bond motifs is 1. The Bertz CT molecular complexity index is 384. The van der Waals surface area contributed by atoms with E-state index in [0.717, 1.165) is 5.39 Å². The summed E-state index contributed by atoms with van der Waals surface area (Å²) in [5, 5.41) is 12.0. The van der Waals surface area contributed by atoms with Crippen molar-refractivity contribution in [3.63, 3.8) is 0 Å². The van der Waals surface area contributed by atoms with Crippen molar-refractivity contribution in [2.75, 3.05) is 0 Å². The van der Waals surface area contributed by atoms with E-state index in [1.54, 1.807) is 12.3 Å². The molecule has 61 valence electrons. The molecule has 0 saturated heterocycles. The SMILES string of the molecule is [O-]c1cccc2cccnc12.[Tc]. The molecular formula is C9H6NOTc-. The predicted octanol–water partition coefficient (Wildman–Crippen LogP) is 1.31. The molecule has 0 saturated carbocycles. The van der Waals surface area contributed by atoms with E-state index in [9.17, 15) is 5.11 Å². The predicted molar refractivity (Wildman–Crippen MR) is 41.2 cm³/mol. The van der Waals surface area contributed by atoms with E-state index in [1.807, 2.05) is 18.2 Å². The minimum atomic E-state index is -0.0110. The quantitative estimate of drug-likeness (QED) is 0.698. The van der Waals surface area contributed by atoms with Crippen molar-refractivity contribution in [2.45, 2.75) is 0 Å². The van der Waals surface area contributed by atoms with E-state index in [2.05, 4.69) is 4.98 Å². The first-order chi connectivity index (χ1) is 5.38. The molecule has 1 heterocycles. The molecule has 0 spiro atoms. The Morgan fingerprint density at radius 1 is 1.08 bits per heavy atom. The Morgan fingerprint density at radius 3 is 2.58 bits per heavy atom. The van der Waals surface area contributed by atoms with Gasteiger partial charge in [-0.2, -0.15) is 0 Å². The summed E-state index contributed by atoms with van der Waals surface area (Å²) >= 11 is 0. The molecule has 0 bridgehead atoms. The minimum Gasteiger partial charge on any atom is -0.871 e. The van der Waals surface area contributed by atoms with E-state index >= 15 is 0 Å². The number of nitrogens with zero attached hydrogens (tertiary/aromatic N) is 1. The van der Waals surface area contributed by atoms with E-state index in [1.165, 1.54) is 6.07 Å². The van der Waals surface area contributed by atoms with E-state index in [-0.39, 0.29) is 25.9 Å². The third kappa shape index (κ3) is 1.47. The molecule has 2 rings (SSSR count). The monoisotopic (exact) mass is 241 g/mol. The third-order valence-electron chi connectivity index (χ3n) is 1.60. The normalized spacial score (nSPS) is 9.33. The number of pyridine rings is 1. The van der Waals surface area contributed by atoms with Crippen molar-refractivity contribution in [2.24, 2.45) is 0 Å². The van der Waals surface area contributed by atoms with Crippen LogP contribution in [0.5, 0.6) is 5.75 Å². The fourth-order valence-electron chi connectivity index (χ4n) is 1.08. The minimum absolute atomic E-state index is 0. The standard InChI is InChI=1S/C9H7NO.Tc/c11-8-5-1-3-7-4-2-6-10-9(7)8;/h1-6,11H;/p-1. The molecule has 3 heteroatoms. The summed E-state index contributed by atoms with van der Waals surface area (Å²) in [4.78, 5) is 3.97. The summed E-state index contributed by atoms with van der Waals surface area (Å²) in [6.07, 6.45) is 1.63. The van der Waals surface area contributed by atoms with Crippen molar-refractivity contribution in [3.8, 4) is 5.75 Å². The van der Waals surface area contributed by atoms with Crippen LogP contribution >= 0.6 is 0 Å². The number of hydrogen-bond donors (Lipinski definition) is 0. The Hall–Kier alpha value is -0.921. The third-order valence-corrected chi connectivity index (χ3v) is 1.60. The van der Waals surface area contributed by atoms with Crippen molar-refractivity contribution in [1.29, 1.82) is 0 Å². The maximum Gasteiger partial charge on any atom is 0.0623 e. The van der Waals surface area contributed by atoms with Crippen LogP contribution in [-0.2, 0) is 20.1 Å². The van der Waals surface area contributed by atoms with Crippen molar-refractivity contribution in [3.05, 3.63) is 36.5 Å². The number of rotatable bonds is 0. The number of benzene rings is 1. The fourth-order valence-corrected chi connectivity index (χ4v) is 1.08. The van der Waals surface area contributed by atoms with Crippen molar-refractivity contribution >= 4 is 10.9 Å². The van der Waals surface area contributed by atoms with E-state index < -0.39 is 0 Å². The Labute approximate surface area is 83.6 Å². The maximum absolute atomic E-state index is 11.1. The largest absolute Gasteiger partial charge is 0.871 e. The second-order valence-electron chi connectivity index (χ2n) is 2.33. The molecule has 0 fully saturated rings. The summed E-state index contributed by atoms with van der Waals surface area (Å²) in [6, 6.07) is 8.84. The van der Waals surface area contributed by atoms with Crippen LogP contribution in [0, 0.1) is 0 Å². The molecule has 1 radical (unpaired) electrons. The molecule has 0 atom stereocenters. The first-order valence-electron chi connectivity index (χ1n) is 3.39. The van der Waals surface area contributed by atoms with Gasteiger partial charge < -0.3 is 5.11 Å². The summed E-state index contributed by atoms with van der Waals surface area (Å²) < 4.78 is 0. The van der Waals surface area contributed by atoms with Gasteiger partial charge in [0, 0.05) is 26.3 Å². The summed E-state index contributed by atoms with van der Waals surface area (Å²) in [7, 11) is 0. The molecule has 0 aliphatic heterocycles. The molecular weight excluding hydrogens is 236 g/mol. The van der Waals surface area contributed by atoms with Gasteiger partial charge in [0.05, 0.1) is 5.52 Å². The van der Waals surface area contributed by atoms with Gasteiger partial charge in [-0.25, -0.2) is 0 Å². The first-order valence-corrected chi connectivity index (χ1v) is 3.39. The van der Waals surface area contributed by atoms with Gasteiger partial charge in [0.1, 0.15) is 0 Å². The fraction of sp³-hybridized carbons (Fsp3) is 0. The van der Waals surface area contributed by atoms with Crippen LogP contribution in [0.2, 0.25) is 0 Å². The zero-order valence-electron chi connectivity index (χ0n) is 6.20. The average molecular weight is 242 g/mol. The molecule has 12 heavy (non-hydrogen) atoms. The zero-order valence-corrected chi connectivity index (χ0v) is 8.06. The molecule has 0 aliphatic rings. The molecule has 1 aromatic heterocycles. The maximum atomic E-state index is 11.1. The van der Waals surface area contributed by atoms with Crippen LogP contribution in [0.3, 0.4) is 0 Å². The Kier molecular flexibility index (Phi) is 2.79. The molecule has 0 N–H and O–H groups in total. The van der Waals surface area contributed by atoms with Gasteiger partial charge in [0.25, 0.3) is 0 Å². The van der Waals surface area contributed by atoms with Gasteiger partial charge in [-0.15, -0.1) is 0 Å². The van der Waals surface area contributed by atoms with Gasteiger partial charge in [0.15, 0.2) is 0 Å².